The zero-order chi connectivity index (χ0) is 11.9. The predicted molar refractivity (Wildman–Crippen MR) is 60.7 cm³/mol. The van der Waals surface area contributed by atoms with Crippen LogP contribution in [0.4, 0.5) is 0 Å². The van der Waals surface area contributed by atoms with Gasteiger partial charge in [-0.1, -0.05) is 20.8 Å². The fraction of sp³-hybridized carbons (Fsp3) is 0.917. The Morgan fingerprint density at radius 1 is 1.13 bits per heavy atom. The maximum atomic E-state index is 11.8. The monoisotopic (exact) mass is 213 g/mol. The molecule has 1 saturated heterocycles. The van der Waals surface area contributed by atoms with Gasteiger partial charge in [-0.2, -0.15) is 0 Å². The number of ether oxygens (including phenoxy) is 1. The number of hydrogen-bond acceptors (Lipinski definition) is 2. The van der Waals surface area contributed by atoms with E-state index in [-0.39, 0.29) is 23.0 Å². The van der Waals surface area contributed by atoms with Crippen LogP contribution in [0.1, 0.15) is 41.5 Å². The van der Waals surface area contributed by atoms with Crippen molar-refractivity contribution in [1.29, 1.82) is 0 Å². The van der Waals surface area contributed by atoms with Gasteiger partial charge in [0, 0.05) is 18.5 Å². The van der Waals surface area contributed by atoms with Gasteiger partial charge in [-0.05, 0) is 20.8 Å². The van der Waals surface area contributed by atoms with Crippen molar-refractivity contribution in [2.75, 3.05) is 13.1 Å². The minimum Gasteiger partial charge on any atom is -0.369 e. The highest BCUT2D eigenvalue weighted by molar-refractivity contribution is 5.82. The van der Waals surface area contributed by atoms with Crippen LogP contribution in [-0.4, -0.2) is 35.6 Å². The molecule has 0 bridgehead atoms. The second-order valence-electron chi connectivity index (χ2n) is 6.31. The molecule has 1 heterocycles. The van der Waals surface area contributed by atoms with Gasteiger partial charge in [-0.25, -0.2) is 0 Å². The van der Waals surface area contributed by atoms with E-state index >= 15 is 0 Å². The van der Waals surface area contributed by atoms with Crippen molar-refractivity contribution in [3.05, 3.63) is 0 Å². The Kier molecular flexibility index (Phi) is 3.15. The molecule has 1 rings (SSSR count). The predicted octanol–water partition coefficient (Wildman–Crippen LogP) is 2.06. The molecule has 88 valence electrons. The molecule has 0 spiro atoms. The fourth-order valence-corrected chi connectivity index (χ4v) is 1.65. The maximum Gasteiger partial charge on any atom is 0.228 e. The molecule has 15 heavy (non-hydrogen) atoms. The number of rotatable bonds is 1. The second-order valence-corrected chi connectivity index (χ2v) is 6.31. The highest BCUT2D eigenvalue weighted by Gasteiger charge is 2.38. The van der Waals surface area contributed by atoms with E-state index in [1.54, 1.807) is 0 Å². The fourth-order valence-electron chi connectivity index (χ4n) is 1.65. The van der Waals surface area contributed by atoms with Crippen molar-refractivity contribution in [3.63, 3.8) is 0 Å². The molecule has 0 aliphatic carbocycles. The maximum absolute atomic E-state index is 11.8. The standard InChI is InChI=1S/C12H23NO2/c1-11(2,3)10(14)13-7-9(8-13)15-12(4,5)6/h9H,7-8H2,1-6H3. The van der Waals surface area contributed by atoms with Crippen molar-refractivity contribution < 1.29 is 9.53 Å². The van der Waals surface area contributed by atoms with Crippen molar-refractivity contribution in [1.82, 2.24) is 4.90 Å². The molecule has 1 aliphatic rings. The molecule has 3 heteroatoms. The van der Waals surface area contributed by atoms with Gasteiger partial charge < -0.3 is 9.64 Å². The van der Waals surface area contributed by atoms with Crippen molar-refractivity contribution in [3.8, 4) is 0 Å². The molecule has 0 saturated carbocycles. The number of likely N-dealkylation sites (tertiary alicyclic amines) is 1. The second kappa shape index (κ2) is 3.78. The van der Waals surface area contributed by atoms with Crippen LogP contribution in [0.3, 0.4) is 0 Å². The summed E-state index contributed by atoms with van der Waals surface area (Å²) >= 11 is 0. The molecule has 1 amide bonds. The van der Waals surface area contributed by atoms with Crippen LogP contribution >= 0.6 is 0 Å². The summed E-state index contributed by atoms with van der Waals surface area (Å²) in [4.78, 5) is 13.7. The SMILES string of the molecule is CC(C)(C)OC1CN(C(=O)C(C)(C)C)C1. The third-order valence-electron chi connectivity index (χ3n) is 2.30. The average molecular weight is 213 g/mol. The number of nitrogens with zero attached hydrogens (tertiary/aromatic N) is 1. The van der Waals surface area contributed by atoms with E-state index in [2.05, 4.69) is 0 Å². The number of hydrogen-bond donors (Lipinski definition) is 0. The lowest BCUT2D eigenvalue weighted by atomic mass is 9.92. The Bertz CT molecular complexity index is 241. The minimum atomic E-state index is -0.271. The molecule has 0 radical (unpaired) electrons. The van der Waals surface area contributed by atoms with E-state index in [0.717, 1.165) is 13.1 Å². The third-order valence-corrected chi connectivity index (χ3v) is 2.30. The first kappa shape index (κ1) is 12.5. The lowest BCUT2D eigenvalue weighted by molar-refractivity contribution is -0.164. The summed E-state index contributed by atoms with van der Waals surface area (Å²) in [6, 6.07) is 0. The van der Waals surface area contributed by atoms with E-state index < -0.39 is 0 Å². The van der Waals surface area contributed by atoms with Crippen molar-refractivity contribution in [2.45, 2.75) is 53.2 Å². The molecule has 0 N–H and O–H groups in total. The van der Waals surface area contributed by atoms with Gasteiger partial charge in [0.1, 0.15) is 0 Å². The summed E-state index contributed by atoms with van der Waals surface area (Å²) in [5.74, 6) is 0.219. The Balaban J connectivity index is 2.35. The van der Waals surface area contributed by atoms with Gasteiger partial charge >= 0.3 is 0 Å². The van der Waals surface area contributed by atoms with Crippen LogP contribution < -0.4 is 0 Å². The van der Waals surface area contributed by atoms with Gasteiger partial charge in [-0.3, -0.25) is 4.79 Å². The zero-order valence-corrected chi connectivity index (χ0v) is 10.8. The summed E-state index contributed by atoms with van der Waals surface area (Å²) in [5, 5.41) is 0. The van der Waals surface area contributed by atoms with Crippen LogP contribution in [-0.2, 0) is 9.53 Å². The van der Waals surface area contributed by atoms with Crippen molar-refractivity contribution in [2.24, 2.45) is 5.41 Å². The lowest BCUT2D eigenvalue weighted by Crippen LogP contribution is -2.58. The first-order chi connectivity index (χ1) is 6.59. The Morgan fingerprint density at radius 3 is 1.93 bits per heavy atom. The Hall–Kier alpha value is -0.570. The number of carbonyl (C=O) groups is 1. The highest BCUT2D eigenvalue weighted by Crippen LogP contribution is 2.24. The highest BCUT2D eigenvalue weighted by atomic mass is 16.5. The summed E-state index contributed by atoms with van der Waals surface area (Å²) in [6.45, 7) is 13.5. The molecule has 0 aromatic carbocycles. The summed E-state index contributed by atoms with van der Waals surface area (Å²) in [7, 11) is 0. The summed E-state index contributed by atoms with van der Waals surface area (Å²) in [6.07, 6.45) is 0.219. The first-order valence-corrected chi connectivity index (χ1v) is 5.57. The van der Waals surface area contributed by atoms with E-state index in [4.69, 9.17) is 4.74 Å². The van der Waals surface area contributed by atoms with Gasteiger partial charge in [0.2, 0.25) is 5.91 Å². The first-order valence-electron chi connectivity index (χ1n) is 5.57. The molecular formula is C12H23NO2. The number of amides is 1. The van der Waals surface area contributed by atoms with Crippen LogP contribution in [0.15, 0.2) is 0 Å². The zero-order valence-electron chi connectivity index (χ0n) is 10.8. The Labute approximate surface area is 92.8 Å². The lowest BCUT2D eigenvalue weighted by Gasteiger charge is -2.44. The third kappa shape index (κ3) is 3.49. The van der Waals surface area contributed by atoms with Gasteiger partial charge in [0.25, 0.3) is 0 Å². The smallest absolute Gasteiger partial charge is 0.228 e. The van der Waals surface area contributed by atoms with Crippen LogP contribution in [0.25, 0.3) is 0 Å². The van der Waals surface area contributed by atoms with E-state index in [1.807, 2.05) is 46.4 Å². The topological polar surface area (TPSA) is 29.5 Å². The molecule has 0 aromatic rings. The molecule has 0 aromatic heterocycles. The van der Waals surface area contributed by atoms with Crippen LogP contribution in [0, 0.1) is 5.41 Å². The number of carbonyl (C=O) groups excluding carboxylic acids is 1. The average Bonchev–Trinajstić information content (AvgIpc) is 1.90. The Morgan fingerprint density at radius 2 is 1.60 bits per heavy atom. The van der Waals surface area contributed by atoms with Gasteiger partial charge in [-0.15, -0.1) is 0 Å². The van der Waals surface area contributed by atoms with Crippen LogP contribution in [0.5, 0.6) is 0 Å². The summed E-state index contributed by atoms with van der Waals surface area (Å²) < 4.78 is 5.77. The van der Waals surface area contributed by atoms with E-state index in [1.165, 1.54) is 0 Å². The molecule has 0 atom stereocenters. The largest absolute Gasteiger partial charge is 0.369 e. The molecular weight excluding hydrogens is 190 g/mol. The van der Waals surface area contributed by atoms with Gasteiger partial charge in [0.15, 0.2) is 0 Å². The summed E-state index contributed by atoms with van der Waals surface area (Å²) in [5.41, 5.74) is -0.381. The van der Waals surface area contributed by atoms with Crippen LogP contribution in [0.2, 0.25) is 0 Å². The van der Waals surface area contributed by atoms with E-state index in [9.17, 15) is 4.79 Å². The quantitative estimate of drug-likeness (QED) is 0.667. The molecule has 0 unspecified atom stereocenters. The van der Waals surface area contributed by atoms with E-state index in [0.29, 0.717) is 0 Å². The minimum absolute atomic E-state index is 0.110. The normalized spacial score (nSPS) is 18.9. The van der Waals surface area contributed by atoms with Gasteiger partial charge in [0.05, 0.1) is 11.7 Å². The molecule has 3 nitrogen and oxygen atoms in total. The molecule has 1 fully saturated rings. The molecule has 1 aliphatic heterocycles. The van der Waals surface area contributed by atoms with Crippen molar-refractivity contribution >= 4 is 5.91 Å².